The molecule has 1 aromatic heterocycles. The highest BCUT2D eigenvalue weighted by atomic mass is 35.5. The second-order valence-corrected chi connectivity index (χ2v) is 17.0. The summed E-state index contributed by atoms with van der Waals surface area (Å²) in [6, 6.07) is 0.562. The number of carbonyl (C=O) groups is 7. The zero-order chi connectivity index (χ0) is 43.0. The Kier molecular flexibility index (Phi) is 18.7. The quantitative estimate of drug-likeness (QED) is 0.0995. The second kappa shape index (κ2) is 22.8. The minimum Gasteiger partial charge on any atom is -0.344 e. The van der Waals surface area contributed by atoms with Gasteiger partial charge in [-0.2, -0.15) is 0 Å². The zero-order valence-electron chi connectivity index (χ0n) is 33.5. The van der Waals surface area contributed by atoms with Crippen LogP contribution < -0.4 is 31.3 Å². The number of halogens is 1. The summed E-state index contributed by atoms with van der Waals surface area (Å²) in [5, 5.41) is 13.1. The highest BCUT2D eigenvalue weighted by molar-refractivity contribution is 7.90. The van der Waals surface area contributed by atoms with Gasteiger partial charge in [0, 0.05) is 17.4 Å². The lowest BCUT2D eigenvalue weighted by Crippen LogP contribution is -2.60. The number of hydrogen-bond donors (Lipinski definition) is 6. The molecule has 2 aromatic rings. The molecule has 0 spiro atoms. The van der Waals surface area contributed by atoms with Crippen LogP contribution in [0.4, 0.5) is 0 Å². The fraction of sp³-hybridized carbons (Fsp3) is 0.564. The van der Waals surface area contributed by atoms with E-state index >= 15 is 0 Å². The van der Waals surface area contributed by atoms with Crippen LogP contribution in [0.3, 0.4) is 0 Å². The van der Waals surface area contributed by atoms with Crippen molar-refractivity contribution in [2.45, 2.75) is 121 Å². The van der Waals surface area contributed by atoms with Crippen molar-refractivity contribution in [1.82, 2.24) is 41.3 Å². The van der Waals surface area contributed by atoms with Crippen molar-refractivity contribution < 1.29 is 42.0 Å². The van der Waals surface area contributed by atoms with Crippen LogP contribution in [0.5, 0.6) is 0 Å². The van der Waals surface area contributed by atoms with Crippen molar-refractivity contribution in [3.05, 3.63) is 53.6 Å². The Bertz CT molecular complexity index is 1880. The minimum absolute atomic E-state index is 0.0123. The summed E-state index contributed by atoms with van der Waals surface area (Å²) < 4.78 is 26.9. The van der Waals surface area contributed by atoms with Gasteiger partial charge in [-0.15, -0.1) is 0 Å². The molecule has 5 atom stereocenters. The van der Waals surface area contributed by atoms with Crippen molar-refractivity contribution in [1.29, 1.82) is 0 Å². The monoisotopic (exact) mass is 846 g/mol. The molecular weight excluding hydrogens is 792 g/mol. The Labute approximate surface area is 344 Å². The van der Waals surface area contributed by atoms with E-state index in [-0.39, 0.29) is 46.7 Å². The van der Waals surface area contributed by atoms with Gasteiger partial charge < -0.3 is 26.6 Å². The van der Waals surface area contributed by atoms with Gasteiger partial charge in [0.15, 0.2) is 0 Å². The predicted molar refractivity (Wildman–Crippen MR) is 214 cm³/mol. The Morgan fingerprint density at radius 1 is 0.828 bits per heavy atom. The molecule has 3 rings (SSSR count). The molecule has 0 bridgehead atoms. The normalized spacial score (nSPS) is 15.8. The number of Topliss-reactive ketones (excluding diaryl/α,β-unsaturated/α-hetero) is 1. The Morgan fingerprint density at radius 3 is 2.10 bits per heavy atom. The molecule has 1 aliphatic rings. The van der Waals surface area contributed by atoms with E-state index < -0.39 is 87.9 Å². The summed E-state index contributed by atoms with van der Waals surface area (Å²) in [5.41, 5.74) is 0.0177. The number of sulfonamides is 1. The third kappa shape index (κ3) is 14.8. The van der Waals surface area contributed by atoms with E-state index in [4.69, 9.17) is 11.6 Å². The first-order valence-corrected chi connectivity index (χ1v) is 21.4. The standard InChI is InChI=1S/C39H55ClN8O9S/c1-6-24(5)33(47-36(52)29(18-23(3)4)45-37(53)31-21-41-16-17-42-31)38(54)46-30(19-25-12-9-8-10-13-25)35(51)44-28(7-2)34(50)39(55)43-22-32(49)48-58(56,57)27-15-11-14-26(40)20-27/h11,14-17,20-21,23-25,28-30,33H,6-10,12-13,18-19,22H2,1-5H3,(H,43,55)(H,44,51)(H,45,53)(H,46,54)(H,47,52)(H,48,49)/t24?,28-,29-,30-,33?/m0/s1. The third-order valence-electron chi connectivity index (χ3n) is 9.87. The first kappa shape index (κ1) is 47.4. The van der Waals surface area contributed by atoms with Gasteiger partial charge >= 0.3 is 0 Å². The average molecular weight is 847 g/mol. The van der Waals surface area contributed by atoms with Crippen LogP contribution in [0.1, 0.15) is 103 Å². The van der Waals surface area contributed by atoms with E-state index in [9.17, 15) is 42.0 Å². The Morgan fingerprint density at radius 2 is 1.50 bits per heavy atom. The summed E-state index contributed by atoms with van der Waals surface area (Å²) in [5.74, 6) is -6.36. The molecule has 2 unspecified atom stereocenters. The molecule has 0 aliphatic heterocycles. The van der Waals surface area contributed by atoms with Crippen LogP contribution in [0.25, 0.3) is 0 Å². The van der Waals surface area contributed by atoms with Gasteiger partial charge in [-0.25, -0.2) is 18.1 Å². The summed E-state index contributed by atoms with van der Waals surface area (Å²) in [6.45, 7) is 8.07. The maximum Gasteiger partial charge on any atom is 0.290 e. The van der Waals surface area contributed by atoms with Gasteiger partial charge in [-0.05, 0) is 55.2 Å². The summed E-state index contributed by atoms with van der Waals surface area (Å²) in [7, 11) is -4.32. The van der Waals surface area contributed by atoms with Crippen LogP contribution in [-0.4, -0.2) is 90.3 Å². The van der Waals surface area contributed by atoms with Crippen LogP contribution in [0.15, 0.2) is 47.8 Å². The lowest BCUT2D eigenvalue weighted by atomic mass is 9.84. The van der Waals surface area contributed by atoms with Crippen LogP contribution in [0, 0.1) is 17.8 Å². The molecule has 1 aliphatic carbocycles. The van der Waals surface area contributed by atoms with Crippen molar-refractivity contribution >= 4 is 62.9 Å². The summed E-state index contributed by atoms with van der Waals surface area (Å²) in [6.07, 6.45) is 9.55. The summed E-state index contributed by atoms with van der Waals surface area (Å²) >= 11 is 5.85. The van der Waals surface area contributed by atoms with E-state index in [0.29, 0.717) is 6.42 Å². The largest absolute Gasteiger partial charge is 0.344 e. The van der Waals surface area contributed by atoms with Crippen molar-refractivity contribution in [2.24, 2.45) is 17.8 Å². The van der Waals surface area contributed by atoms with E-state index in [2.05, 4.69) is 36.6 Å². The number of ketones is 1. The first-order valence-electron chi connectivity index (χ1n) is 19.6. The zero-order valence-corrected chi connectivity index (χ0v) is 35.1. The van der Waals surface area contributed by atoms with E-state index in [0.717, 1.165) is 38.2 Å². The molecule has 6 amide bonds. The number of rotatable bonds is 21. The number of nitrogens with zero attached hydrogens (tertiary/aromatic N) is 2. The molecule has 19 heteroatoms. The number of nitrogens with one attached hydrogen (secondary N) is 6. The lowest BCUT2D eigenvalue weighted by Gasteiger charge is -2.31. The number of aromatic nitrogens is 2. The molecule has 17 nitrogen and oxygen atoms in total. The van der Waals surface area contributed by atoms with Crippen LogP contribution in [0.2, 0.25) is 5.02 Å². The van der Waals surface area contributed by atoms with E-state index in [1.54, 1.807) is 18.6 Å². The molecule has 1 heterocycles. The molecule has 1 saturated carbocycles. The van der Waals surface area contributed by atoms with Gasteiger partial charge in [0.25, 0.3) is 27.7 Å². The maximum atomic E-state index is 14.0. The molecular formula is C39H55ClN8O9S. The Hall–Kier alpha value is -4.97. The van der Waals surface area contributed by atoms with Gasteiger partial charge in [-0.3, -0.25) is 38.5 Å². The van der Waals surface area contributed by atoms with Crippen molar-refractivity contribution in [3.8, 4) is 0 Å². The summed E-state index contributed by atoms with van der Waals surface area (Å²) in [4.78, 5) is 101. The molecule has 318 valence electrons. The molecule has 6 N–H and O–H groups in total. The molecule has 0 saturated heterocycles. The van der Waals surface area contributed by atoms with E-state index in [1.807, 2.05) is 20.8 Å². The van der Waals surface area contributed by atoms with Crippen molar-refractivity contribution in [2.75, 3.05) is 6.54 Å². The van der Waals surface area contributed by atoms with Gasteiger partial charge in [0.05, 0.1) is 23.7 Å². The van der Waals surface area contributed by atoms with Crippen LogP contribution in [-0.2, 0) is 38.8 Å². The fourth-order valence-electron chi connectivity index (χ4n) is 6.47. The highest BCUT2D eigenvalue weighted by Crippen LogP contribution is 2.28. The lowest BCUT2D eigenvalue weighted by molar-refractivity contribution is -0.141. The van der Waals surface area contributed by atoms with E-state index in [1.165, 1.54) is 36.8 Å². The fourth-order valence-corrected chi connectivity index (χ4v) is 7.75. The number of benzene rings is 1. The van der Waals surface area contributed by atoms with Gasteiger partial charge in [-0.1, -0.05) is 90.8 Å². The number of hydrogen-bond acceptors (Lipinski definition) is 11. The first-order chi connectivity index (χ1) is 27.4. The van der Waals surface area contributed by atoms with Gasteiger partial charge in [0.1, 0.15) is 23.8 Å². The number of amides is 6. The topological polar surface area (TPSA) is 252 Å². The number of carbonyl (C=O) groups excluding carboxylic acids is 7. The average Bonchev–Trinajstić information content (AvgIpc) is 3.20. The van der Waals surface area contributed by atoms with Crippen LogP contribution >= 0.6 is 11.6 Å². The smallest absolute Gasteiger partial charge is 0.290 e. The molecule has 1 aromatic carbocycles. The second-order valence-electron chi connectivity index (χ2n) is 14.9. The van der Waals surface area contributed by atoms with Crippen molar-refractivity contribution in [3.63, 3.8) is 0 Å². The maximum absolute atomic E-state index is 14.0. The molecule has 1 fully saturated rings. The SMILES string of the molecule is CCC(C)C(NC(=O)[C@H](CC(C)C)NC(=O)c1cnccn1)C(=O)N[C@@H](CC1CCCCC1)C(=O)N[C@@H](CC)C(=O)C(=O)NCC(=O)NS(=O)(=O)c1cccc(Cl)c1. The highest BCUT2D eigenvalue weighted by Gasteiger charge is 2.35. The predicted octanol–water partition coefficient (Wildman–Crippen LogP) is 2.35. The van der Waals surface area contributed by atoms with Gasteiger partial charge in [0.2, 0.25) is 23.5 Å². The third-order valence-corrected chi connectivity index (χ3v) is 11.5. The minimum atomic E-state index is -4.32. The molecule has 58 heavy (non-hydrogen) atoms. The molecule has 0 radical (unpaired) electrons. The Balaban J connectivity index is 1.73.